The Morgan fingerprint density at radius 3 is 2.52 bits per heavy atom. The Morgan fingerprint density at radius 2 is 1.72 bits per heavy atom. The molecule has 0 amide bonds. The summed E-state index contributed by atoms with van der Waals surface area (Å²) >= 11 is 0. The highest BCUT2D eigenvalue weighted by Crippen LogP contribution is 2.34. The van der Waals surface area contributed by atoms with Gasteiger partial charge in [0.25, 0.3) is 0 Å². The second-order valence-electron chi connectivity index (χ2n) is 7.59. The number of nitrogens with one attached hydrogen (secondary N) is 2. The quantitative estimate of drug-likeness (QED) is 0.501. The third kappa shape index (κ3) is 3.68. The summed E-state index contributed by atoms with van der Waals surface area (Å²) in [6.45, 7) is 4.21. The minimum Gasteiger partial charge on any atom is -0.496 e. The molecule has 4 heterocycles. The monoisotopic (exact) mass is 408 g/mol. The Kier molecular flexibility index (Phi) is 5.43. The number of hydrogen-bond acceptors (Lipinski definition) is 4. The molecule has 1 aromatic carbocycles. The van der Waals surface area contributed by atoms with E-state index in [1.165, 1.54) is 5.69 Å². The fourth-order valence-electron chi connectivity index (χ4n) is 4.20. The number of benzene rings is 1. The molecule has 0 saturated carbocycles. The van der Waals surface area contributed by atoms with E-state index in [0.29, 0.717) is 5.92 Å². The molecule has 0 bridgehead atoms. The zero-order valence-electron chi connectivity index (χ0n) is 16.7. The van der Waals surface area contributed by atoms with Gasteiger partial charge in [-0.2, -0.15) is 0 Å². The van der Waals surface area contributed by atoms with E-state index in [-0.39, 0.29) is 12.4 Å². The Morgan fingerprint density at radius 1 is 0.966 bits per heavy atom. The Labute approximate surface area is 176 Å². The van der Waals surface area contributed by atoms with E-state index < -0.39 is 0 Å². The SMILES string of the molecule is COc1cc2[nH]c(C)cc2cc1-c1ccc2nc(C3CCNCC3)ccc2n1.Cl. The molecule has 0 aliphatic carbocycles. The molecule has 0 radical (unpaired) electrons. The summed E-state index contributed by atoms with van der Waals surface area (Å²) in [6, 6.07) is 14.7. The van der Waals surface area contributed by atoms with Crippen molar-refractivity contribution in [2.24, 2.45) is 0 Å². The predicted octanol–water partition coefficient (Wildman–Crippen LogP) is 4.98. The zero-order chi connectivity index (χ0) is 19.1. The van der Waals surface area contributed by atoms with Crippen molar-refractivity contribution in [2.75, 3.05) is 20.2 Å². The first kappa shape index (κ1) is 19.7. The molecule has 0 spiro atoms. The van der Waals surface area contributed by atoms with Crippen molar-refractivity contribution < 1.29 is 4.74 Å². The Bertz CT molecular complexity index is 1160. The maximum absolute atomic E-state index is 5.65. The Hall–Kier alpha value is -2.63. The van der Waals surface area contributed by atoms with Crippen LogP contribution in [0.15, 0.2) is 42.5 Å². The van der Waals surface area contributed by atoms with Crippen LogP contribution in [0.2, 0.25) is 0 Å². The molecule has 0 unspecified atom stereocenters. The van der Waals surface area contributed by atoms with E-state index in [1.807, 2.05) is 12.1 Å². The second kappa shape index (κ2) is 8.01. The van der Waals surface area contributed by atoms with E-state index in [9.17, 15) is 0 Å². The summed E-state index contributed by atoms with van der Waals surface area (Å²) in [5, 5.41) is 4.58. The van der Waals surface area contributed by atoms with Gasteiger partial charge in [0.2, 0.25) is 0 Å². The number of piperidine rings is 1. The average molecular weight is 409 g/mol. The fraction of sp³-hybridized carbons (Fsp3) is 0.304. The summed E-state index contributed by atoms with van der Waals surface area (Å²) < 4.78 is 5.65. The van der Waals surface area contributed by atoms with Gasteiger partial charge >= 0.3 is 0 Å². The number of halogens is 1. The number of aryl methyl sites for hydroxylation is 1. The van der Waals surface area contributed by atoms with Gasteiger partial charge in [0.15, 0.2) is 0 Å². The van der Waals surface area contributed by atoms with Gasteiger partial charge in [0.1, 0.15) is 5.75 Å². The number of pyridine rings is 2. The number of aromatic nitrogens is 3. The largest absolute Gasteiger partial charge is 0.496 e. The maximum atomic E-state index is 5.65. The lowest BCUT2D eigenvalue weighted by Crippen LogP contribution is -2.27. The lowest BCUT2D eigenvalue weighted by molar-refractivity contribution is 0.417. The molecular formula is C23H25ClN4O. The van der Waals surface area contributed by atoms with Gasteiger partial charge in [-0.25, -0.2) is 4.98 Å². The molecule has 150 valence electrons. The number of nitrogens with zero attached hydrogens (tertiary/aromatic N) is 2. The highest BCUT2D eigenvalue weighted by Gasteiger charge is 2.17. The van der Waals surface area contributed by atoms with Gasteiger partial charge in [-0.3, -0.25) is 4.98 Å². The molecular weight excluding hydrogens is 384 g/mol. The summed E-state index contributed by atoms with van der Waals surface area (Å²) in [4.78, 5) is 13.2. The number of H-pyrrole nitrogens is 1. The molecule has 5 nitrogen and oxygen atoms in total. The molecule has 29 heavy (non-hydrogen) atoms. The zero-order valence-corrected chi connectivity index (χ0v) is 17.5. The van der Waals surface area contributed by atoms with Crippen molar-refractivity contribution in [3.05, 3.63) is 53.9 Å². The van der Waals surface area contributed by atoms with Gasteiger partial charge < -0.3 is 15.0 Å². The van der Waals surface area contributed by atoms with E-state index >= 15 is 0 Å². The summed E-state index contributed by atoms with van der Waals surface area (Å²) in [7, 11) is 1.70. The van der Waals surface area contributed by atoms with Crippen LogP contribution in [0.3, 0.4) is 0 Å². The average Bonchev–Trinajstić information content (AvgIpc) is 3.11. The molecule has 5 rings (SSSR count). The van der Waals surface area contributed by atoms with Crippen molar-refractivity contribution in [1.29, 1.82) is 0 Å². The number of aromatic amines is 1. The number of rotatable bonds is 3. The topological polar surface area (TPSA) is 62.8 Å². The smallest absolute Gasteiger partial charge is 0.130 e. The highest BCUT2D eigenvalue weighted by atomic mass is 35.5. The van der Waals surface area contributed by atoms with Crippen LogP contribution in [0.25, 0.3) is 33.2 Å². The number of fused-ring (bicyclic) bond motifs is 2. The van der Waals surface area contributed by atoms with Gasteiger partial charge in [0.05, 0.1) is 23.8 Å². The first-order valence-electron chi connectivity index (χ1n) is 9.87. The van der Waals surface area contributed by atoms with Crippen molar-refractivity contribution >= 4 is 34.3 Å². The van der Waals surface area contributed by atoms with Crippen molar-refractivity contribution in [2.45, 2.75) is 25.7 Å². The molecule has 2 N–H and O–H groups in total. The van der Waals surface area contributed by atoms with E-state index in [2.05, 4.69) is 47.6 Å². The molecule has 3 aromatic heterocycles. The van der Waals surface area contributed by atoms with E-state index in [1.54, 1.807) is 7.11 Å². The molecule has 4 aromatic rings. The van der Waals surface area contributed by atoms with Crippen molar-refractivity contribution in [3.8, 4) is 17.0 Å². The van der Waals surface area contributed by atoms with E-state index in [4.69, 9.17) is 14.7 Å². The molecule has 1 aliphatic heterocycles. The lowest BCUT2D eigenvalue weighted by atomic mass is 9.94. The van der Waals surface area contributed by atoms with Crippen LogP contribution in [-0.4, -0.2) is 35.2 Å². The molecule has 0 atom stereocenters. The van der Waals surface area contributed by atoms with Gasteiger partial charge in [-0.05, 0) is 69.3 Å². The molecule has 6 heteroatoms. The molecule has 1 aliphatic rings. The molecule has 1 fully saturated rings. The Balaban J connectivity index is 0.00000205. The minimum absolute atomic E-state index is 0. The van der Waals surface area contributed by atoms with Crippen LogP contribution in [0.4, 0.5) is 0 Å². The van der Waals surface area contributed by atoms with Crippen LogP contribution >= 0.6 is 12.4 Å². The van der Waals surface area contributed by atoms with Crippen molar-refractivity contribution in [1.82, 2.24) is 20.3 Å². The maximum Gasteiger partial charge on any atom is 0.130 e. The van der Waals surface area contributed by atoms with Gasteiger partial charge in [-0.1, -0.05) is 0 Å². The van der Waals surface area contributed by atoms with Crippen LogP contribution < -0.4 is 10.1 Å². The number of ether oxygens (including phenoxy) is 1. The fourth-order valence-corrected chi connectivity index (χ4v) is 4.20. The number of methoxy groups -OCH3 is 1. The summed E-state index contributed by atoms with van der Waals surface area (Å²) in [5.41, 5.74) is 7.17. The summed E-state index contributed by atoms with van der Waals surface area (Å²) in [6.07, 6.45) is 2.30. The third-order valence-corrected chi connectivity index (χ3v) is 5.67. The van der Waals surface area contributed by atoms with Crippen LogP contribution in [0.1, 0.15) is 30.1 Å². The summed E-state index contributed by atoms with van der Waals surface area (Å²) in [5.74, 6) is 1.37. The number of hydrogen-bond donors (Lipinski definition) is 2. The van der Waals surface area contributed by atoms with Gasteiger partial charge in [-0.15, -0.1) is 12.4 Å². The standard InChI is InChI=1S/C23H24N4O.ClH/c1-14-11-16-12-17(23(28-2)13-22(16)25-14)19-4-6-20-21(27-19)5-3-18(26-20)15-7-9-24-10-8-15;/h3-6,11-13,15,24-25H,7-10H2,1-2H3;1H. The van der Waals surface area contributed by atoms with Gasteiger partial charge in [0, 0.05) is 39.8 Å². The normalized spacial score (nSPS) is 14.8. The first-order valence-corrected chi connectivity index (χ1v) is 9.87. The first-order chi connectivity index (χ1) is 13.7. The van der Waals surface area contributed by atoms with Crippen molar-refractivity contribution in [3.63, 3.8) is 0 Å². The van der Waals surface area contributed by atoms with E-state index in [0.717, 1.165) is 70.6 Å². The minimum atomic E-state index is 0. The lowest BCUT2D eigenvalue weighted by Gasteiger charge is -2.22. The third-order valence-electron chi connectivity index (χ3n) is 5.67. The molecule has 1 saturated heterocycles. The van der Waals surface area contributed by atoms with Crippen LogP contribution in [0, 0.1) is 6.92 Å². The highest BCUT2D eigenvalue weighted by molar-refractivity contribution is 5.90. The van der Waals surface area contributed by atoms with Crippen LogP contribution in [0.5, 0.6) is 5.75 Å². The predicted molar refractivity (Wildman–Crippen MR) is 120 cm³/mol. The van der Waals surface area contributed by atoms with Crippen LogP contribution in [-0.2, 0) is 0 Å². The second-order valence-corrected chi connectivity index (χ2v) is 7.59.